The number of furan rings is 1. The summed E-state index contributed by atoms with van der Waals surface area (Å²) in [4.78, 5) is 12.2. The highest BCUT2D eigenvalue weighted by atomic mass is 16.3. The maximum absolute atomic E-state index is 12.2. The Morgan fingerprint density at radius 2 is 1.83 bits per heavy atom. The quantitative estimate of drug-likeness (QED) is 0.877. The number of benzene rings is 1. The zero-order valence-corrected chi connectivity index (χ0v) is 10.9. The molecule has 1 aromatic carbocycles. The fraction of sp³-hybridized carbons (Fsp3) is 0.267. The summed E-state index contributed by atoms with van der Waals surface area (Å²) >= 11 is 0. The number of hydrogen-bond donors (Lipinski definition) is 1. The van der Waals surface area contributed by atoms with Crippen molar-refractivity contribution >= 4 is 5.91 Å². The second-order valence-corrected chi connectivity index (χ2v) is 5.23. The van der Waals surface area contributed by atoms with Crippen LogP contribution in [0.15, 0.2) is 47.1 Å². The van der Waals surface area contributed by atoms with Gasteiger partial charge in [-0.1, -0.05) is 18.2 Å². The monoisotopic (exact) mass is 243 g/mol. The Morgan fingerprint density at radius 3 is 2.44 bits per heavy atom. The van der Waals surface area contributed by atoms with Crippen LogP contribution in [0.4, 0.5) is 0 Å². The average Bonchev–Trinajstić information content (AvgIpc) is 2.80. The lowest BCUT2D eigenvalue weighted by atomic mass is 10.0. The Labute approximate surface area is 107 Å². The average molecular weight is 243 g/mol. The Morgan fingerprint density at radius 1 is 1.11 bits per heavy atom. The van der Waals surface area contributed by atoms with Gasteiger partial charge in [0, 0.05) is 11.1 Å². The van der Waals surface area contributed by atoms with Crippen molar-refractivity contribution in [3.8, 4) is 11.3 Å². The smallest absolute Gasteiger partial charge is 0.252 e. The number of carbonyl (C=O) groups excluding carboxylic acids is 1. The summed E-state index contributed by atoms with van der Waals surface area (Å²) < 4.78 is 5.36. The lowest BCUT2D eigenvalue weighted by Gasteiger charge is -2.21. The van der Waals surface area contributed by atoms with E-state index in [2.05, 4.69) is 5.32 Å². The van der Waals surface area contributed by atoms with Gasteiger partial charge in [0.25, 0.3) is 5.91 Å². The first kappa shape index (κ1) is 12.4. The second kappa shape index (κ2) is 4.69. The number of hydrogen-bond acceptors (Lipinski definition) is 2. The van der Waals surface area contributed by atoms with Gasteiger partial charge in [-0.2, -0.15) is 0 Å². The van der Waals surface area contributed by atoms with Crippen LogP contribution < -0.4 is 5.32 Å². The highest BCUT2D eigenvalue weighted by Gasteiger charge is 2.18. The van der Waals surface area contributed by atoms with Gasteiger partial charge in [0.15, 0.2) is 0 Å². The molecule has 3 heteroatoms. The van der Waals surface area contributed by atoms with Crippen molar-refractivity contribution in [2.75, 3.05) is 0 Å². The van der Waals surface area contributed by atoms with Crippen molar-refractivity contribution < 1.29 is 9.21 Å². The zero-order valence-electron chi connectivity index (χ0n) is 10.9. The molecule has 0 aliphatic heterocycles. The molecule has 1 aromatic heterocycles. The molecule has 0 saturated carbocycles. The second-order valence-electron chi connectivity index (χ2n) is 5.23. The number of amides is 1. The van der Waals surface area contributed by atoms with E-state index in [9.17, 15) is 4.79 Å². The van der Waals surface area contributed by atoms with Crippen LogP contribution in [0.1, 0.15) is 31.1 Å². The Kier molecular flexibility index (Phi) is 3.24. The predicted octanol–water partition coefficient (Wildman–Crippen LogP) is 3.47. The van der Waals surface area contributed by atoms with Crippen LogP contribution in [0.25, 0.3) is 11.3 Å². The minimum absolute atomic E-state index is 0.0884. The third-order valence-corrected chi connectivity index (χ3v) is 2.45. The van der Waals surface area contributed by atoms with Crippen molar-refractivity contribution in [1.29, 1.82) is 0 Å². The molecule has 0 aliphatic rings. The maximum Gasteiger partial charge on any atom is 0.252 e. The minimum atomic E-state index is -0.257. The van der Waals surface area contributed by atoms with Crippen molar-refractivity contribution in [2.45, 2.75) is 26.3 Å². The van der Waals surface area contributed by atoms with Crippen molar-refractivity contribution in [2.24, 2.45) is 0 Å². The van der Waals surface area contributed by atoms with Crippen LogP contribution in [0.3, 0.4) is 0 Å². The topological polar surface area (TPSA) is 42.2 Å². The fourth-order valence-corrected chi connectivity index (χ4v) is 1.74. The molecule has 1 N–H and O–H groups in total. The molecule has 0 aliphatic carbocycles. The Bertz CT molecular complexity index is 536. The normalized spacial score (nSPS) is 11.3. The van der Waals surface area contributed by atoms with Crippen molar-refractivity contribution in [1.82, 2.24) is 5.32 Å². The van der Waals surface area contributed by atoms with Gasteiger partial charge in [0.05, 0.1) is 11.8 Å². The summed E-state index contributed by atoms with van der Waals surface area (Å²) in [6.07, 6.45) is 1.60. The molecular formula is C15H17NO2. The fourth-order valence-electron chi connectivity index (χ4n) is 1.74. The highest BCUT2D eigenvalue weighted by Crippen LogP contribution is 2.24. The number of nitrogens with one attached hydrogen (secondary N) is 1. The van der Waals surface area contributed by atoms with E-state index in [1.54, 1.807) is 12.3 Å². The highest BCUT2D eigenvalue weighted by molar-refractivity contribution is 6.00. The van der Waals surface area contributed by atoms with Crippen LogP contribution >= 0.6 is 0 Å². The predicted molar refractivity (Wildman–Crippen MR) is 71.4 cm³/mol. The first-order valence-electron chi connectivity index (χ1n) is 5.93. The molecular weight excluding hydrogens is 226 g/mol. The Balaban J connectivity index is 2.37. The zero-order chi connectivity index (χ0) is 13.2. The molecule has 94 valence electrons. The third-order valence-electron chi connectivity index (χ3n) is 2.45. The van der Waals surface area contributed by atoms with E-state index >= 15 is 0 Å². The van der Waals surface area contributed by atoms with E-state index in [1.165, 1.54) is 0 Å². The van der Waals surface area contributed by atoms with Gasteiger partial charge in [-0.15, -0.1) is 0 Å². The molecule has 0 atom stereocenters. The van der Waals surface area contributed by atoms with E-state index in [1.807, 2.05) is 51.1 Å². The minimum Gasteiger partial charge on any atom is -0.464 e. The molecule has 1 heterocycles. The summed E-state index contributed by atoms with van der Waals surface area (Å²) in [7, 11) is 0. The SMILES string of the molecule is CC(C)(C)NC(=O)c1ccccc1-c1ccco1. The van der Waals surface area contributed by atoms with Gasteiger partial charge in [-0.25, -0.2) is 0 Å². The van der Waals surface area contributed by atoms with Gasteiger partial charge < -0.3 is 9.73 Å². The van der Waals surface area contributed by atoms with Crippen molar-refractivity contribution in [3.05, 3.63) is 48.2 Å². The van der Waals surface area contributed by atoms with E-state index in [-0.39, 0.29) is 11.4 Å². The van der Waals surface area contributed by atoms with E-state index in [0.29, 0.717) is 11.3 Å². The number of carbonyl (C=O) groups is 1. The Hall–Kier alpha value is -2.03. The van der Waals surface area contributed by atoms with Crippen LogP contribution in [0.2, 0.25) is 0 Å². The van der Waals surface area contributed by atoms with Crippen LogP contribution in [-0.2, 0) is 0 Å². The number of rotatable bonds is 2. The molecule has 0 fully saturated rings. The van der Waals surface area contributed by atoms with E-state index < -0.39 is 0 Å². The van der Waals surface area contributed by atoms with Crippen LogP contribution in [0.5, 0.6) is 0 Å². The molecule has 2 rings (SSSR count). The first-order chi connectivity index (χ1) is 8.47. The summed E-state index contributed by atoms with van der Waals surface area (Å²) in [5.74, 6) is 0.615. The molecule has 2 aromatic rings. The maximum atomic E-state index is 12.2. The molecule has 0 radical (unpaired) electrons. The standard InChI is InChI=1S/C15H17NO2/c1-15(2,3)16-14(17)12-8-5-4-7-11(12)13-9-6-10-18-13/h4-10H,1-3H3,(H,16,17). The van der Waals surface area contributed by atoms with Crippen LogP contribution in [-0.4, -0.2) is 11.4 Å². The third kappa shape index (κ3) is 2.80. The van der Waals surface area contributed by atoms with E-state index in [4.69, 9.17) is 4.42 Å². The van der Waals surface area contributed by atoms with Crippen molar-refractivity contribution in [3.63, 3.8) is 0 Å². The van der Waals surface area contributed by atoms with Gasteiger partial charge in [-0.3, -0.25) is 4.79 Å². The van der Waals surface area contributed by atoms with Gasteiger partial charge in [0.1, 0.15) is 5.76 Å². The molecule has 0 saturated heterocycles. The summed E-state index contributed by atoms with van der Waals surface area (Å²) in [5.41, 5.74) is 1.18. The lowest BCUT2D eigenvalue weighted by molar-refractivity contribution is 0.0920. The van der Waals surface area contributed by atoms with Gasteiger partial charge in [-0.05, 0) is 39.0 Å². The van der Waals surface area contributed by atoms with Gasteiger partial charge in [0.2, 0.25) is 0 Å². The summed E-state index contributed by atoms with van der Waals surface area (Å²) in [6, 6.07) is 11.1. The molecule has 0 spiro atoms. The molecule has 0 unspecified atom stereocenters. The largest absolute Gasteiger partial charge is 0.464 e. The molecule has 18 heavy (non-hydrogen) atoms. The first-order valence-corrected chi connectivity index (χ1v) is 5.93. The lowest BCUT2D eigenvalue weighted by Crippen LogP contribution is -2.40. The molecule has 1 amide bonds. The van der Waals surface area contributed by atoms with E-state index in [0.717, 1.165) is 5.56 Å². The van der Waals surface area contributed by atoms with Gasteiger partial charge >= 0.3 is 0 Å². The summed E-state index contributed by atoms with van der Waals surface area (Å²) in [6.45, 7) is 5.88. The molecule has 3 nitrogen and oxygen atoms in total. The van der Waals surface area contributed by atoms with Crippen LogP contribution in [0, 0.1) is 0 Å². The molecule has 0 bridgehead atoms. The summed E-state index contributed by atoms with van der Waals surface area (Å²) in [5, 5.41) is 2.96.